The summed E-state index contributed by atoms with van der Waals surface area (Å²) in [6.07, 6.45) is 2.02. The zero-order valence-corrected chi connectivity index (χ0v) is 26.4. The third-order valence-electron chi connectivity index (χ3n) is 7.04. The highest BCUT2D eigenvalue weighted by Crippen LogP contribution is 2.18. The van der Waals surface area contributed by atoms with Crippen LogP contribution in [0.2, 0.25) is 0 Å². The van der Waals surface area contributed by atoms with Gasteiger partial charge in [0.25, 0.3) is 0 Å². The van der Waals surface area contributed by atoms with Gasteiger partial charge in [0.2, 0.25) is 5.91 Å². The van der Waals surface area contributed by atoms with Crippen molar-refractivity contribution in [3.05, 3.63) is 95.6 Å². The van der Waals surface area contributed by atoms with Crippen molar-refractivity contribution in [3.8, 4) is 11.5 Å². The van der Waals surface area contributed by atoms with Crippen LogP contribution in [0.15, 0.2) is 78.9 Å². The van der Waals surface area contributed by atoms with E-state index in [0.717, 1.165) is 29.7 Å². The van der Waals surface area contributed by atoms with Gasteiger partial charge in [-0.15, -0.1) is 0 Å². The van der Waals surface area contributed by atoms with Gasteiger partial charge in [0.15, 0.2) is 6.10 Å². The molecule has 3 amide bonds. The Hall–Kier alpha value is -4.69. The topological polar surface area (TPSA) is 176 Å². The molecule has 0 heterocycles. The summed E-state index contributed by atoms with van der Waals surface area (Å²) >= 11 is 0. The lowest BCUT2D eigenvalue weighted by Crippen LogP contribution is -2.53. The fraction of sp³-hybridized carbons (Fsp3) is 0.382. The van der Waals surface area contributed by atoms with Crippen LogP contribution in [-0.4, -0.2) is 76.9 Å². The van der Waals surface area contributed by atoms with Crippen molar-refractivity contribution in [2.45, 2.75) is 57.9 Å². The number of urea groups is 1. The van der Waals surface area contributed by atoms with E-state index in [0.29, 0.717) is 35.8 Å². The smallest absolute Gasteiger partial charge is 0.323 e. The van der Waals surface area contributed by atoms with Crippen molar-refractivity contribution in [1.29, 1.82) is 0 Å². The highest BCUT2D eigenvalue weighted by molar-refractivity contribution is 5.88. The normalized spacial score (nSPS) is 11.5. The van der Waals surface area contributed by atoms with Crippen LogP contribution >= 0.6 is 0 Å². The predicted octanol–water partition coefficient (Wildman–Crippen LogP) is 4.51. The SMILES string of the molecule is CCCCCNC(=O)C(Cc1ccc(OC(COO)COO)cc1)NC(=O)N(CC(=O)O)Cc1ccc(OCc2ccccc2)cc1. The maximum atomic E-state index is 13.5. The van der Waals surface area contributed by atoms with Gasteiger partial charge in [-0.25, -0.2) is 14.6 Å². The molecule has 47 heavy (non-hydrogen) atoms. The Kier molecular flexibility index (Phi) is 16.0. The predicted molar refractivity (Wildman–Crippen MR) is 172 cm³/mol. The fourth-order valence-electron chi connectivity index (χ4n) is 4.59. The number of hydrogen-bond acceptors (Lipinski definition) is 9. The molecular formula is C34H43N3O10. The van der Waals surface area contributed by atoms with Crippen LogP contribution in [0.1, 0.15) is 42.9 Å². The molecule has 0 radical (unpaired) electrons. The number of hydrogen-bond donors (Lipinski definition) is 5. The maximum Gasteiger partial charge on any atom is 0.323 e. The summed E-state index contributed by atoms with van der Waals surface area (Å²) < 4.78 is 11.4. The van der Waals surface area contributed by atoms with Crippen LogP contribution in [0.4, 0.5) is 4.79 Å². The van der Waals surface area contributed by atoms with Crippen LogP contribution in [0, 0.1) is 0 Å². The zero-order chi connectivity index (χ0) is 33.9. The molecule has 0 spiro atoms. The molecule has 13 nitrogen and oxygen atoms in total. The first-order chi connectivity index (χ1) is 22.8. The molecule has 0 bridgehead atoms. The molecule has 1 atom stereocenters. The number of ether oxygens (including phenoxy) is 2. The van der Waals surface area contributed by atoms with Crippen molar-refractivity contribution in [2.75, 3.05) is 26.3 Å². The Labute approximate surface area is 273 Å². The number of carbonyl (C=O) groups is 3. The van der Waals surface area contributed by atoms with Gasteiger partial charge in [-0.1, -0.05) is 74.4 Å². The minimum absolute atomic E-state index is 0.00967. The van der Waals surface area contributed by atoms with Gasteiger partial charge in [-0.05, 0) is 47.4 Å². The largest absolute Gasteiger partial charge is 0.489 e. The first kappa shape index (κ1) is 36.8. The molecule has 3 aromatic carbocycles. The van der Waals surface area contributed by atoms with E-state index in [2.05, 4.69) is 27.3 Å². The van der Waals surface area contributed by atoms with Gasteiger partial charge in [-0.3, -0.25) is 20.1 Å². The Morgan fingerprint density at radius 3 is 2.06 bits per heavy atom. The molecule has 0 aliphatic heterocycles. The standard InChI is InChI=1S/C34H43N3O10/c1-2-3-7-18-35-33(40)31(19-25-10-16-29(17-11-25)47-30(23-45-42)24-46-43)36-34(41)37(21-32(38)39)20-26-12-14-28(15-13-26)44-22-27-8-5-4-6-9-27/h4-6,8-17,30-31,42-43H,2-3,7,18-24H2,1H3,(H,35,40)(H,36,41)(H,38,39). The third-order valence-corrected chi connectivity index (χ3v) is 7.04. The molecule has 13 heteroatoms. The number of unbranched alkanes of at least 4 members (excludes halogenated alkanes) is 2. The molecule has 0 aromatic heterocycles. The molecule has 0 saturated carbocycles. The van der Waals surface area contributed by atoms with Crippen molar-refractivity contribution >= 4 is 17.9 Å². The highest BCUT2D eigenvalue weighted by Gasteiger charge is 2.25. The van der Waals surface area contributed by atoms with Gasteiger partial charge in [0.1, 0.15) is 43.9 Å². The fourth-order valence-corrected chi connectivity index (χ4v) is 4.59. The molecule has 1 unspecified atom stereocenters. The second-order valence-corrected chi connectivity index (χ2v) is 10.8. The number of carbonyl (C=O) groups excluding carboxylic acids is 2. The summed E-state index contributed by atoms with van der Waals surface area (Å²) in [5.41, 5.74) is 2.39. The lowest BCUT2D eigenvalue weighted by atomic mass is 10.0. The summed E-state index contributed by atoms with van der Waals surface area (Å²) in [5.74, 6) is -0.579. The Balaban J connectivity index is 1.69. The molecule has 0 aliphatic rings. The molecule has 254 valence electrons. The van der Waals surface area contributed by atoms with Crippen molar-refractivity contribution in [1.82, 2.24) is 15.5 Å². The Bertz CT molecular complexity index is 1350. The average molecular weight is 654 g/mol. The first-order valence-corrected chi connectivity index (χ1v) is 15.4. The van der Waals surface area contributed by atoms with Gasteiger partial charge in [0, 0.05) is 19.5 Å². The summed E-state index contributed by atoms with van der Waals surface area (Å²) in [4.78, 5) is 47.7. The van der Waals surface area contributed by atoms with E-state index in [9.17, 15) is 19.5 Å². The molecule has 5 N–H and O–H groups in total. The Morgan fingerprint density at radius 1 is 0.809 bits per heavy atom. The molecule has 0 saturated heterocycles. The summed E-state index contributed by atoms with van der Waals surface area (Å²) in [7, 11) is 0. The van der Waals surface area contributed by atoms with Gasteiger partial charge < -0.3 is 30.1 Å². The van der Waals surface area contributed by atoms with E-state index in [4.69, 9.17) is 20.0 Å². The van der Waals surface area contributed by atoms with E-state index in [1.165, 1.54) is 0 Å². The van der Waals surface area contributed by atoms with Crippen LogP contribution in [0.3, 0.4) is 0 Å². The van der Waals surface area contributed by atoms with Gasteiger partial charge in [-0.2, -0.15) is 0 Å². The highest BCUT2D eigenvalue weighted by atomic mass is 17.1. The molecule has 0 aliphatic carbocycles. The van der Waals surface area contributed by atoms with Crippen LogP contribution in [0.25, 0.3) is 0 Å². The third kappa shape index (κ3) is 13.7. The Morgan fingerprint density at radius 2 is 1.45 bits per heavy atom. The number of aliphatic carboxylic acids is 1. The van der Waals surface area contributed by atoms with Gasteiger partial charge in [0.05, 0.1) is 0 Å². The summed E-state index contributed by atoms with van der Waals surface area (Å²) in [6.45, 7) is 1.81. The van der Waals surface area contributed by atoms with Crippen molar-refractivity contribution in [2.24, 2.45) is 0 Å². The number of carboxylic acid groups (broad SMARTS) is 1. The number of nitrogens with one attached hydrogen (secondary N) is 2. The minimum Gasteiger partial charge on any atom is -0.489 e. The lowest BCUT2D eigenvalue weighted by molar-refractivity contribution is -0.286. The average Bonchev–Trinajstić information content (AvgIpc) is 3.07. The molecule has 0 fully saturated rings. The minimum atomic E-state index is -1.20. The van der Waals surface area contributed by atoms with E-state index in [1.54, 1.807) is 48.5 Å². The van der Waals surface area contributed by atoms with Crippen LogP contribution in [-0.2, 0) is 38.9 Å². The van der Waals surface area contributed by atoms with Crippen LogP contribution < -0.4 is 20.1 Å². The van der Waals surface area contributed by atoms with Gasteiger partial charge >= 0.3 is 12.0 Å². The quantitative estimate of drug-likeness (QED) is 0.0625. The van der Waals surface area contributed by atoms with Crippen molar-refractivity contribution < 1.29 is 49.3 Å². The number of rotatable bonds is 21. The summed E-state index contributed by atoms with van der Waals surface area (Å²) in [5, 5.41) is 32.6. The number of carboxylic acids is 1. The number of nitrogens with zero attached hydrogens (tertiary/aromatic N) is 1. The van der Waals surface area contributed by atoms with Crippen molar-refractivity contribution in [3.63, 3.8) is 0 Å². The monoisotopic (exact) mass is 653 g/mol. The van der Waals surface area contributed by atoms with Crippen LogP contribution in [0.5, 0.6) is 11.5 Å². The zero-order valence-electron chi connectivity index (χ0n) is 26.4. The summed E-state index contributed by atoms with van der Waals surface area (Å²) in [6, 6.07) is 21.7. The van der Waals surface area contributed by atoms with E-state index < -0.39 is 36.6 Å². The number of amides is 3. The second-order valence-electron chi connectivity index (χ2n) is 10.8. The second kappa shape index (κ2) is 20.4. The maximum absolute atomic E-state index is 13.5. The van der Waals surface area contributed by atoms with E-state index >= 15 is 0 Å². The van der Waals surface area contributed by atoms with E-state index in [1.807, 2.05) is 30.3 Å². The number of benzene rings is 3. The molecular weight excluding hydrogens is 610 g/mol. The first-order valence-electron chi connectivity index (χ1n) is 15.4. The lowest BCUT2D eigenvalue weighted by Gasteiger charge is -2.25. The van der Waals surface area contributed by atoms with E-state index in [-0.39, 0.29) is 26.2 Å². The molecule has 3 aromatic rings. The molecule has 3 rings (SSSR count).